The highest BCUT2D eigenvalue weighted by atomic mass is 16.5. The van der Waals surface area contributed by atoms with Gasteiger partial charge in [-0.15, -0.1) is 0 Å². The summed E-state index contributed by atoms with van der Waals surface area (Å²) in [6, 6.07) is 17.7. The highest BCUT2D eigenvalue weighted by Gasteiger charge is 2.22. The summed E-state index contributed by atoms with van der Waals surface area (Å²) in [6.07, 6.45) is 2.21. The maximum atomic E-state index is 12.8. The number of aryl methyl sites for hydroxylation is 1. The highest BCUT2D eigenvalue weighted by Crippen LogP contribution is 2.20. The molecule has 0 bridgehead atoms. The number of ether oxygens (including phenoxy) is 1. The zero-order valence-corrected chi connectivity index (χ0v) is 14.8. The summed E-state index contributed by atoms with van der Waals surface area (Å²) in [5.41, 5.74) is 2.12. The molecule has 0 aliphatic carbocycles. The van der Waals surface area contributed by atoms with Gasteiger partial charge in [0.2, 0.25) is 0 Å². The number of nitrogens with zero attached hydrogens (tertiary/aromatic N) is 1. The number of amides is 1. The first-order valence-corrected chi connectivity index (χ1v) is 8.98. The Kier molecular flexibility index (Phi) is 6.07. The van der Waals surface area contributed by atoms with E-state index in [1.807, 2.05) is 66.4 Å². The second-order valence-corrected chi connectivity index (χ2v) is 6.63. The minimum Gasteiger partial charge on any atom is -0.484 e. The van der Waals surface area contributed by atoms with Gasteiger partial charge >= 0.3 is 0 Å². The molecule has 3 rings (SSSR count). The fourth-order valence-corrected chi connectivity index (χ4v) is 3.14. The fraction of sp³-hybridized carbons (Fsp3) is 0.381. The molecule has 0 aromatic heterocycles. The average Bonchev–Trinajstić information content (AvgIpc) is 2.67. The van der Waals surface area contributed by atoms with Crippen molar-refractivity contribution in [3.05, 3.63) is 60.2 Å². The molecule has 1 fully saturated rings. The van der Waals surface area contributed by atoms with Gasteiger partial charge in [-0.1, -0.05) is 35.9 Å². The van der Waals surface area contributed by atoms with Crippen LogP contribution in [0.15, 0.2) is 54.6 Å². The number of hydrogen-bond acceptors (Lipinski definition) is 3. The topological polar surface area (TPSA) is 41.6 Å². The number of hydrogen-bond donors (Lipinski definition) is 1. The molecule has 4 heteroatoms. The Morgan fingerprint density at radius 1 is 1.08 bits per heavy atom. The lowest BCUT2D eigenvalue weighted by atomic mass is 9.97. The fourth-order valence-electron chi connectivity index (χ4n) is 3.14. The van der Waals surface area contributed by atoms with Crippen molar-refractivity contribution in [1.29, 1.82) is 0 Å². The largest absolute Gasteiger partial charge is 0.484 e. The van der Waals surface area contributed by atoms with E-state index in [9.17, 15) is 4.79 Å². The summed E-state index contributed by atoms with van der Waals surface area (Å²) in [7, 11) is 0. The van der Waals surface area contributed by atoms with Crippen LogP contribution in [0, 0.1) is 12.8 Å². The molecule has 1 saturated heterocycles. The Morgan fingerprint density at radius 2 is 1.76 bits per heavy atom. The van der Waals surface area contributed by atoms with Gasteiger partial charge in [-0.2, -0.15) is 0 Å². The Bertz CT molecular complexity index is 664. The molecule has 1 heterocycles. The van der Waals surface area contributed by atoms with Crippen LogP contribution < -0.4 is 15.0 Å². The quantitative estimate of drug-likeness (QED) is 0.878. The van der Waals surface area contributed by atoms with Gasteiger partial charge < -0.3 is 15.0 Å². The van der Waals surface area contributed by atoms with Crippen LogP contribution in [0.25, 0.3) is 0 Å². The maximum Gasteiger partial charge on any atom is 0.264 e. The van der Waals surface area contributed by atoms with E-state index in [-0.39, 0.29) is 12.5 Å². The SMILES string of the molecule is Cc1ccc(OCC(=O)N(CC2CCNCC2)c2ccccc2)cc1. The summed E-state index contributed by atoms with van der Waals surface area (Å²) in [5, 5.41) is 3.38. The number of nitrogens with one attached hydrogen (secondary N) is 1. The third-order valence-corrected chi connectivity index (χ3v) is 4.65. The Hall–Kier alpha value is -2.33. The molecular weight excluding hydrogens is 312 g/mol. The van der Waals surface area contributed by atoms with Crippen LogP contribution in [-0.4, -0.2) is 32.1 Å². The van der Waals surface area contributed by atoms with Crippen molar-refractivity contribution in [2.45, 2.75) is 19.8 Å². The monoisotopic (exact) mass is 338 g/mol. The molecule has 132 valence electrons. The number of benzene rings is 2. The minimum absolute atomic E-state index is 0.00491. The normalized spacial score (nSPS) is 14.9. The summed E-state index contributed by atoms with van der Waals surface area (Å²) >= 11 is 0. The van der Waals surface area contributed by atoms with Crippen molar-refractivity contribution in [3.63, 3.8) is 0 Å². The van der Waals surface area contributed by atoms with Crippen molar-refractivity contribution in [1.82, 2.24) is 5.32 Å². The third kappa shape index (κ3) is 5.07. The molecule has 1 aliphatic heterocycles. The van der Waals surface area contributed by atoms with E-state index in [4.69, 9.17) is 4.74 Å². The average molecular weight is 338 g/mol. The lowest BCUT2D eigenvalue weighted by Gasteiger charge is -2.30. The molecule has 0 atom stereocenters. The number of carbonyl (C=O) groups excluding carboxylic acids is 1. The number of piperidine rings is 1. The van der Waals surface area contributed by atoms with Gasteiger partial charge in [0.05, 0.1) is 0 Å². The molecular formula is C21H26N2O2. The van der Waals surface area contributed by atoms with Gasteiger partial charge in [-0.3, -0.25) is 4.79 Å². The van der Waals surface area contributed by atoms with E-state index >= 15 is 0 Å². The van der Waals surface area contributed by atoms with E-state index in [0.29, 0.717) is 5.92 Å². The zero-order chi connectivity index (χ0) is 17.5. The van der Waals surface area contributed by atoms with Gasteiger partial charge in [-0.05, 0) is 63.0 Å². The second-order valence-electron chi connectivity index (χ2n) is 6.63. The van der Waals surface area contributed by atoms with Crippen molar-refractivity contribution >= 4 is 11.6 Å². The molecule has 2 aromatic rings. The van der Waals surface area contributed by atoms with Gasteiger partial charge in [0.1, 0.15) is 5.75 Å². The van der Waals surface area contributed by atoms with E-state index in [0.717, 1.165) is 43.9 Å². The van der Waals surface area contributed by atoms with E-state index in [1.54, 1.807) is 0 Å². The summed E-state index contributed by atoms with van der Waals surface area (Å²) < 4.78 is 5.71. The zero-order valence-electron chi connectivity index (χ0n) is 14.8. The molecule has 1 N–H and O–H groups in total. The van der Waals surface area contributed by atoms with Crippen molar-refractivity contribution in [3.8, 4) is 5.75 Å². The highest BCUT2D eigenvalue weighted by molar-refractivity contribution is 5.94. The second kappa shape index (κ2) is 8.67. The van der Waals surface area contributed by atoms with E-state index in [2.05, 4.69) is 5.32 Å². The van der Waals surface area contributed by atoms with Crippen LogP contribution in [0.5, 0.6) is 5.75 Å². The van der Waals surface area contributed by atoms with Gasteiger partial charge in [0, 0.05) is 12.2 Å². The summed E-state index contributed by atoms with van der Waals surface area (Å²) in [6.45, 7) is 4.90. The van der Waals surface area contributed by atoms with Crippen molar-refractivity contribution < 1.29 is 9.53 Å². The summed E-state index contributed by atoms with van der Waals surface area (Å²) in [5.74, 6) is 1.27. The Labute approximate surface area is 149 Å². The minimum atomic E-state index is 0.00491. The molecule has 0 saturated carbocycles. The lowest BCUT2D eigenvalue weighted by Crippen LogP contribution is -2.41. The molecule has 2 aromatic carbocycles. The molecule has 0 spiro atoms. The van der Waals surface area contributed by atoms with Gasteiger partial charge in [0.15, 0.2) is 6.61 Å². The predicted molar refractivity (Wildman–Crippen MR) is 101 cm³/mol. The number of anilines is 1. The van der Waals surface area contributed by atoms with Crippen LogP contribution >= 0.6 is 0 Å². The number of para-hydroxylation sites is 1. The standard InChI is InChI=1S/C21H26N2O2/c1-17-7-9-20(10-8-17)25-16-21(24)23(19-5-3-2-4-6-19)15-18-11-13-22-14-12-18/h2-10,18,22H,11-16H2,1H3. The number of rotatable bonds is 6. The van der Waals surface area contributed by atoms with Crippen LogP contribution in [-0.2, 0) is 4.79 Å². The van der Waals surface area contributed by atoms with E-state index < -0.39 is 0 Å². The van der Waals surface area contributed by atoms with Gasteiger partial charge in [0.25, 0.3) is 5.91 Å². The first-order chi connectivity index (χ1) is 12.2. The predicted octanol–water partition coefficient (Wildman–Crippen LogP) is 3.41. The van der Waals surface area contributed by atoms with Crippen molar-refractivity contribution in [2.24, 2.45) is 5.92 Å². The lowest BCUT2D eigenvalue weighted by molar-refractivity contribution is -0.120. The number of carbonyl (C=O) groups is 1. The van der Waals surface area contributed by atoms with Gasteiger partial charge in [-0.25, -0.2) is 0 Å². The first kappa shape index (κ1) is 17.5. The van der Waals surface area contributed by atoms with E-state index in [1.165, 1.54) is 5.56 Å². The maximum absolute atomic E-state index is 12.8. The van der Waals surface area contributed by atoms with Crippen LogP contribution in [0.3, 0.4) is 0 Å². The molecule has 1 aliphatic rings. The Morgan fingerprint density at radius 3 is 2.44 bits per heavy atom. The van der Waals surface area contributed by atoms with Crippen LogP contribution in [0.1, 0.15) is 18.4 Å². The summed E-state index contributed by atoms with van der Waals surface area (Å²) in [4.78, 5) is 14.7. The first-order valence-electron chi connectivity index (χ1n) is 8.98. The molecule has 0 radical (unpaired) electrons. The van der Waals surface area contributed by atoms with Crippen LogP contribution in [0.2, 0.25) is 0 Å². The molecule has 0 unspecified atom stereocenters. The molecule has 25 heavy (non-hydrogen) atoms. The smallest absolute Gasteiger partial charge is 0.264 e. The van der Waals surface area contributed by atoms with Crippen molar-refractivity contribution in [2.75, 3.05) is 31.1 Å². The Balaban J connectivity index is 1.66. The van der Waals surface area contributed by atoms with Crippen LogP contribution in [0.4, 0.5) is 5.69 Å². The molecule has 4 nitrogen and oxygen atoms in total. The molecule has 1 amide bonds. The third-order valence-electron chi connectivity index (χ3n) is 4.65.